The monoisotopic (exact) mass is 307 g/mol. The van der Waals surface area contributed by atoms with Gasteiger partial charge in [-0.3, -0.25) is 4.79 Å². The van der Waals surface area contributed by atoms with Gasteiger partial charge in [-0.1, -0.05) is 5.16 Å². The lowest BCUT2D eigenvalue weighted by Crippen LogP contribution is -2.49. The highest BCUT2D eigenvalue weighted by molar-refractivity contribution is 5.94. The van der Waals surface area contributed by atoms with E-state index in [2.05, 4.69) is 5.16 Å². The zero-order valence-corrected chi connectivity index (χ0v) is 12.1. The van der Waals surface area contributed by atoms with Crippen LogP contribution in [-0.4, -0.2) is 42.1 Å². The maximum atomic E-state index is 13.2. The molecule has 0 spiro atoms. The second-order valence-electron chi connectivity index (χ2n) is 5.20. The van der Waals surface area contributed by atoms with Crippen LogP contribution in [0.5, 0.6) is 0 Å². The number of halogens is 2. The molecule has 0 atom stereocenters. The number of aryl methyl sites for hydroxylation is 1. The summed E-state index contributed by atoms with van der Waals surface area (Å²) in [6.07, 6.45) is 0. The number of carbonyl (C=O) groups is 1. The lowest BCUT2D eigenvalue weighted by molar-refractivity contribution is 0.0745. The van der Waals surface area contributed by atoms with Crippen molar-refractivity contribution in [3.05, 3.63) is 47.2 Å². The van der Waals surface area contributed by atoms with E-state index >= 15 is 0 Å². The SMILES string of the molecule is Cc1cc(N2CCN(C(=O)c3ccc(F)c(F)c3)CC2)no1. The molecule has 2 aromatic rings. The number of anilines is 1. The summed E-state index contributed by atoms with van der Waals surface area (Å²) < 4.78 is 31.2. The molecule has 0 N–H and O–H groups in total. The van der Waals surface area contributed by atoms with Gasteiger partial charge in [-0.2, -0.15) is 0 Å². The molecule has 1 aliphatic heterocycles. The molecule has 0 saturated carbocycles. The molecule has 116 valence electrons. The smallest absolute Gasteiger partial charge is 0.254 e. The van der Waals surface area contributed by atoms with Gasteiger partial charge in [0.1, 0.15) is 5.76 Å². The summed E-state index contributed by atoms with van der Waals surface area (Å²) in [6, 6.07) is 5.04. The standard InChI is InChI=1S/C15H15F2N3O2/c1-10-8-14(18-22-10)19-4-6-20(7-5-19)15(21)11-2-3-12(16)13(17)9-11/h2-3,8-9H,4-7H2,1H3. The highest BCUT2D eigenvalue weighted by Gasteiger charge is 2.24. The Morgan fingerprint density at radius 1 is 1.14 bits per heavy atom. The van der Waals surface area contributed by atoms with Crippen LogP contribution in [0.4, 0.5) is 14.6 Å². The maximum absolute atomic E-state index is 13.2. The van der Waals surface area contributed by atoms with Crippen LogP contribution in [0.15, 0.2) is 28.8 Å². The van der Waals surface area contributed by atoms with Gasteiger partial charge in [0.2, 0.25) is 0 Å². The van der Waals surface area contributed by atoms with Crippen molar-refractivity contribution in [3.8, 4) is 0 Å². The molecule has 2 heterocycles. The van der Waals surface area contributed by atoms with E-state index in [1.807, 2.05) is 17.9 Å². The summed E-state index contributed by atoms with van der Waals surface area (Å²) in [5.41, 5.74) is 0.157. The zero-order valence-electron chi connectivity index (χ0n) is 12.1. The van der Waals surface area contributed by atoms with E-state index in [1.54, 1.807) is 4.90 Å². The number of aromatic nitrogens is 1. The third-order valence-corrected chi connectivity index (χ3v) is 3.67. The summed E-state index contributed by atoms with van der Waals surface area (Å²) in [6.45, 7) is 4.02. The van der Waals surface area contributed by atoms with Crippen LogP contribution in [0.1, 0.15) is 16.1 Å². The fourth-order valence-electron chi connectivity index (χ4n) is 2.45. The van der Waals surface area contributed by atoms with Gasteiger partial charge in [-0.15, -0.1) is 0 Å². The van der Waals surface area contributed by atoms with Gasteiger partial charge in [0.25, 0.3) is 5.91 Å². The Morgan fingerprint density at radius 2 is 1.86 bits per heavy atom. The van der Waals surface area contributed by atoms with Gasteiger partial charge in [-0.05, 0) is 25.1 Å². The molecular formula is C15H15F2N3O2. The van der Waals surface area contributed by atoms with Gasteiger partial charge < -0.3 is 14.3 Å². The molecule has 0 unspecified atom stereocenters. The topological polar surface area (TPSA) is 49.6 Å². The van der Waals surface area contributed by atoms with Gasteiger partial charge in [0.15, 0.2) is 17.5 Å². The Labute approximate surface area is 126 Å². The fraction of sp³-hybridized carbons (Fsp3) is 0.333. The fourth-order valence-corrected chi connectivity index (χ4v) is 2.45. The van der Waals surface area contributed by atoms with Crippen molar-refractivity contribution >= 4 is 11.7 Å². The number of hydrogen-bond acceptors (Lipinski definition) is 4. The lowest BCUT2D eigenvalue weighted by atomic mass is 10.1. The van der Waals surface area contributed by atoms with Crippen LogP contribution in [-0.2, 0) is 0 Å². The molecule has 3 rings (SSSR count). The summed E-state index contributed by atoms with van der Waals surface area (Å²) in [5.74, 6) is -0.784. The normalized spacial score (nSPS) is 15.2. The first-order chi connectivity index (χ1) is 10.5. The predicted octanol–water partition coefficient (Wildman–Crippen LogP) is 2.22. The number of rotatable bonds is 2. The molecule has 0 aliphatic carbocycles. The molecule has 1 fully saturated rings. The van der Waals surface area contributed by atoms with Crippen molar-refractivity contribution in [1.82, 2.24) is 10.1 Å². The molecule has 22 heavy (non-hydrogen) atoms. The van der Waals surface area contributed by atoms with Crippen molar-refractivity contribution in [2.75, 3.05) is 31.1 Å². The number of benzene rings is 1. The molecule has 1 aliphatic rings. The highest BCUT2D eigenvalue weighted by Crippen LogP contribution is 2.17. The predicted molar refractivity (Wildman–Crippen MR) is 75.7 cm³/mol. The van der Waals surface area contributed by atoms with E-state index in [-0.39, 0.29) is 11.5 Å². The average molecular weight is 307 g/mol. The molecule has 1 aromatic carbocycles. The number of carbonyl (C=O) groups excluding carboxylic acids is 1. The molecule has 1 amide bonds. The quantitative estimate of drug-likeness (QED) is 0.853. The molecule has 0 bridgehead atoms. The highest BCUT2D eigenvalue weighted by atomic mass is 19.2. The Balaban J connectivity index is 1.65. The first-order valence-electron chi connectivity index (χ1n) is 6.97. The maximum Gasteiger partial charge on any atom is 0.254 e. The average Bonchev–Trinajstić information content (AvgIpc) is 2.96. The lowest BCUT2D eigenvalue weighted by Gasteiger charge is -2.34. The molecular weight excluding hydrogens is 292 g/mol. The van der Waals surface area contributed by atoms with Crippen molar-refractivity contribution in [1.29, 1.82) is 0 Å². The first kappa shape index (κ1) is 14.5. The summed E-state index contributed by atoms with van der Waals surface area (Å²) >= 11 is 0. The van der Waals surface area contributed by atoms with Crippen molar-refractivity contribution in [3.63, 3.8) is 0 Å². The van der Waals surface area contributed by atoms with E-state index in [9.17, 15) is 13.6 Å². The van der Waals surface area contributed by atoms with Gasteiger partial charge >= 0.3 is 0 Å². The van der Waals surface area contributed by atoms with Crippen LogP contribution in [0.25, 0.3) is 0 Å². The largest absolute Gasteiger partial charge is 0.360 e. The van der Waals surface area contributed by atoms with Crippen molar-refractivity contribution < 1.29 is 18.1 Å². The minimum absolute atomic E-state index is 0.157. The van der Waals surface area contributed by atoms with Crippen LogP contribution in [0.2, 0.25) is 0 Å². The van der Waals surface area contributed by atoms with Gasteiger partial charge in [0, 0.05) is 37.8 Å². The van der Waals surface area contributed by atoms with Crippen LogP contribution in [0.3, 0.4) is 0 Å². The summed E-state index contributed by atoms with van der Waals surface area (Å²) in [5, 5.41) is 3.95. The number of hydrogen-bond donors (Lipinski definition) is 0. The van der Waals surface area contributed by atoms with Crippen LogP contribution >= 0.6 is 0 Å². The summed E-state index contributed by atoms with van der Waals surface area (Å²) in [4.78, 5) is 15.9. The third-order valence-electron chi connectivity index (χ3n) is 3.67. The van der Waals surface area contributed by atoms with E-state index in [0.717, 1.165) is 23.7 Å². The first-order valence-corrected chi connectivity index (χ1v) is 6.97. The Kier molecular flexibility index (Phi) is 3.79. The molecule has 5 nitrogen and oxygen atoms in total. The molecule has 1 aromatic heterocycles. The number of nitrogens with zero attached hydrogens (tertiary/aromatic N) is 3. The Hall–Kier alpha value is -2.44. The van der Waals surface area contributed by atoms with E-state index in [4.69, 9.17) is 4.52 Å². The molecule has 0 radical (unpaired) electrons. The molecule has 1 saturated heterocycles. The van der Waals surface area contributed by atoms with Gasteiger partial charge in [0.05, 0.1) is 0 Å². The summed E-state index contributed by atoms with van der Waals surface area (Å²) in [7, 11) is 0. The zero-order chi connectivity index (χ0) is 15.7. The van der Waals surface area contributed by atoms with Crippen molar-refractivity contribution in [2.45, 2.75) is 6.92 Å². The minimum Gasteiger partial charge on any atom is -0.360 e. The van der Waals surface area contributed by atoms with Crippen LogP contribution in [0, 0.1) is 18.6 Å². The number of piperazine rings is 1. The minimum atomic E-state index is -1.01. The molecule has 7 heteroatoms. The Bertz CT molecular complexity index is 694. The second-order valence-corrected chi connectivity index (χ2v) is 5.20. The van der Waals surface area contributed by atoms with Crippen molar-refractivity contribution in [2.24, 2.45) is 0 Å². The number of amides is 1. The van der Waals surface area contributed by atoms with E-state index in [1.165, 1.54) is 6.07 Å². The van der Waals surface area contributed by atoms with Gasteiger partial charge in [-0.25, -0.2) is 8.78 Å². The second kappa shape index (κ2) is 5.75. The third kappa shape index (κ3) is 2.79. The Morgan fingerprint density at radius 3 is 2.45 bits per heavy atom. The van der Waals surface area contributed by atoms with E-state index < -0.39 is 11.6 Å². The van der Waals surface area contributed by atoms with E-state index in [0.29, 0.717) is 26.2 Å². The van der Waals surface area contributed by atoms with Crippen LogP contribution < -0.4 is 4.90 Å².